The second-order valence-corrected chi connectivity index (χ2v) is 8.18. The molecule has 1 unspecified atom stereocenters. The summed E-state index contributed by atoms with van der Waals surface area (Å²) in [6.45, 7) is 2.38. The number of methoxy groups -OCH3 is 1. The molecule has 4 rings (SSSR count). The SMILES string of the molecule is CCOC(=O)N1CCn2c(nc(-c3ccncc3)cc2=O)C(NC(=O)c2cc(Cl)ccc2OC)C1. The Hall–Kier alpha value is -3.92. The van der Waals surface area contributed by atoms with Crippen LogP contribution in [0.3, 0.4) is 0 Å². The largest absolute Gasteiger partial charge is 0.496 e. The van der Waals surface area contributed by atoms with Gasteiger partial charge in [0.05, 0.1) is 31.5 Å². The molecule has 0 fully saturated rings. The molecule has 3 aromatic rings. The van der Waals surface area contributed by atoms with E-state index in [0.29, 0.717) is 27.9 Å². The zero-order chi connectivity index (χ0) is 24.9. The van der Waals surface area contributed by atoms with E-state index in [0.717, 1.165) is 0 Å². The number of carbonyl (C=O) groups excluding carboxylic acids is 2. The molecule has 1 aliphatic rings. The smallest absolute Gasteiger partial charge is 0.409 e. The number of benzene rings is 1. The molecule has 0 spiro atoms. The van der Waals surface area contributed by atoms with Gasteiger partial charge in [-0.15, -0.1) is 0 Å². The number of ether oxygens (including phenoxy) is 2. The molecule has 0 aliphatic carbocycles. The Morgan fingerprint density at radius 1 is 1.17 bits per heavy atom. The molecule has 1 aromatic carbocycles. The van der Waals surface area contributed by atoms with Gasteiger partial charge in [0.15, 0.2) is 0 Å². The number of rotatable bonds is 5. The maximum Gasteiger partial charge on any atom is 0.409 e. The van der Waals surface area contributed by atoms with E-state index >= 15 is 0 Å². The van der Waals surface area contributed by atoms with E-state index in [1.807, 2.05) is 0 Å². The van der Waals surface area contributed by atoms with Crippen LogP contribution in [0.25, 0.3) is 11.3 Å². The monoisotopic (exact) mass is 497 g/mol. The molecule has 10 nitrogen and oxygen atoms in total. The summed E-state index contributed by atoms with van der Waals surface area (Å²) in [6.07, 6.45) is 2.67. The second-order valence-electron chi connectivity index (χ2n) is 7.74. The first-order valence-corrected chi connectivity index (χ1v) is 11.4. The van der Waals surface area contributed by atoms with Crippen LogP contribution in [0.5, 0.6) is 5.75 Å². The molecule has 0 saturated carbocycles. The molecule has 35 heavy (non-hydrogen) atoms. The highest BCUT2D eigenvalue weighted by Crippen LogP contribution is 2.25. The van der Waals surface area contributed by atoms with Crippen LogP contribution in [0, 0.1) is 0 Å². The minimum atomic E-state index is -0.812. The molecule has 2 amide bonds. The van der Waals surface area contributed by atoms with Crippen LogP contribution in [-0.2, 0) is 11.3 Å². The highest BCUT2D eigenvalue weighted by Gasteiger charge is 2.31. The third-order valence-corrected chi connectivity index (χ3v) is 5.79. The van der Waals surface area contributed by atoms with Crippen molar-refractivity contribution in [2.45, 2.75) is 19.5 Å². The molecule has 3 heterocycles. The molecule has 1 aliphatic heterocycles. The number of nitrogens with zero attached hydrogens (tertiary/aromatic N) is 4. The van der Waals surface area contributed by atoms with Gasteiger partial charge in [-0.1, -0.05) is 11.6 Å². The van der Waals surface area contributed by atoms with E-state index in [-0.39, 0.29) is 37.4 Å². The third-order valence-electron chi connectivity index (χ3n) is 5.56. The van der Waals surface area contributed by atoms with Gasteiger partial charge in [0.25, 0.3) is 11.5 Å². The molecular weight excluding hydrogens is 474 g/mol. The normalized spacial score (nSPS) is 15.1. The summed E-state index contributed by atoms with van der Waals surface area (Å²) >= 11 is 6.11. The van der Waals surface area contributed by atoms with Crippen molar-refractivity contribution in [1.82, 2.24) is 24.8 Å². The lowest BCUT2D eigenvalue weighted by molar-refractivity contribution is 0.0887. The van der Waals surface area contributed by atoms with Gasteiger partial charge in [0, 0.05) is 42.1 Å². The van der Waals surface area contributed by atoms with E-state index in [1.54, 1.807) is 43.6 Å². The Kier molecular flexibility index (Phi) is 7.31. The summed E-state index contributed by atoms with van der Waals surface area (Å²) in [6, 6.07) is 8.79. The zero-order valence-corrected chi connectivity index (χ0v) is 20.0. The Morgan fingerprint density at radius 2 is 1.94 bits per heavy atom. The van der Waals surface area contributed by atoms with Crippen molar-refractivity contribution < 1.29 is 19.1 Å². The van der Waals surface area contributed by atoms with E-state index in [4.69, 9.17) is 26.1 Å². The number of pyridine rings is 1. The summed E-state index contributed by atoms with van der Waals surface area (Å²) in [5, 5.41) is 3.27. The van der Waals surface area contributed by atoms with Crippen LogP contribution >= 0.6 is 11.6 Å². The Balaban J connectivity index is 1.77. The predicted octanol–water partition coefficient (Wildman–Crippen LogP) is 2.91. The molecule has 0 radical (unpaired) electrons. The van der Waals surface area contributed by atoms with Gasteiger partial charge in [-0.05, 0) is 37.3 Å². The fourth-order valence-electron chi connectivity index (χ4n) is 3.88. The predicted molar refractivity (Wildman–Crippen MR) is 129 cm³/mol. The van der Waals surface area contributed by atoms with Crippen molar-refractivity contribution in [1.29, 1.82) is 0 Å². The van der Waals surface area contributed by atoms with Crippen LogP contribution < -0.4 is 15.6 Å². The Morgan fingerprint density at radius 3 is 2.66 bits per heavy atom. The van der Waals surface area contributed by atoms with Crippen LogP contribution in [0.4, 0.5) is 4.79 Å². The number of halogens is 1. The van der Waals surface area contributed by atoms with Crippen molar-refractivity contribution in [3.63, 3.8) is 0 Å². The highest BCUT2D eigenvalue weighted by molar-refractivity contribution is 6.31. The number of nitrogens with one attached hydrogen (secondary N) is 1. The van der Waals surface area contributed by atoms with Crippen LogP contribution in [-0.4, -0.2) is 58.2 Å². The number of carbonyl (C=O) groups is 2. The van der Waals surface area contributed by atoms with E-state index in [2.05, 4.69) is 10.3 Å². The maximum atomic E-state index is 13.3. The van der Waals surface area contributed by atoms with Gasteiger partial charge in [-0.25, -0.2) is 9.78 Å². The first-order chi connectivity index (χ1) is 16.9. The number of fused-ring (bicyclic) bond motifs is 1. The summed E-state index contributed by atoms with van der Waals surface area (Å²) in [4.78, 5) is 49.1. The molecule has 1 N–H and O–H groups in total. The number of hydrogen-bond acceptors (Lipinski definition) is 7. The van der Waals surface area contributed by atoms with E-state index < -0.39 is 18.0 Å². The summed E-state index contributed by atoms with van der Waals surface area (Å²) in [5.74, 6) is 0.166. The topological polar surface area (TPSA) is 116 Å². The van der Waals surface area contributed by atoms with Crippen LogP contribution in [0.1, 0.15) is 29.1 Å². The van der Waals surface area contributed by atoms with Gasteiger partial charge in [0.1, 0.15) is 17.6 Å². The Labute approximate surface area is 206 Å². The average Bonchev–Trinajstić information content (AvgIpc) is 3.04. The molecule has 182 valence electrons. The van der Waals surface area contributed by atoms with Crippen molar-refractivity contribution >= 4 is 23.6 Å². The summed E-state index contributed by atoms with van der Waals surface area (Å²) < 4.78 is 11.9. The lowest BCUT2D eigenvalue weighted by Crippen LogP contribution is -2.41. The first-order valence-electron chi connectivity index (χ1n) is 11.0. The number of amides is 2. The fourth-order valence-corrected chi connectivity index (χ4v) is 4.06. The zero-order valence-electron chi connectivity index (χ0n) is 19.2. The highest BCUT2D eigenvalue weighted by atomic mass is 35.5. The minimum absolute atomic E-state index is 0.0553. The third kappa shape index (κ3) is 5.27. The van der Waals surface area contributed by atoms with Crippen LogP contribution in [0.15, 0.2) is 53.6 Å². The van der Waals surface area contributed by atoms with Gasteiger partial charge >= 0.3 is 6.09 Å². The van der Waals surface area contributed by atoms with Gasteiger partial charge in [0.2, 0.25) is 0 Å². The molecular formula is C24H24ClN5O5. The fraction of sp³-hybridized carbons (Fsp3) is 0.292. The quantitative estimate of drug-likeness (QED) is 0.576. The van der Waals surface area contributed by atoms with E-state index in [1.165, 1.54) is 28.7 Å². The number of hydrogen-bond donors (Lipinski definition) is 1. The summed E-state index contributed by atoms with van der Waals surface area (Å²) in [5.41, 5.74) is 1.06. The number of aromatic nitrogens is 3. The second kappa shape index (κ2) is 10.6. The van der Waals surface area contributed by atoms with Gasteiger partial charge in [-0.2, -0.15) is 0 Å². The lowest BCUT2D eigenvalue weighted by Gasteiger charge is -2.24. The molecule has 0 bridgehead atoms. The molecule has 0 saturated heterocycles. The van der Waals surface area contributed by atoms with Crippen molar-refractivity contribution in [2.24, 2.45) is 0 Å². The van der Waals surface area contributed by atoms with Gasteiger partial charge in [-0.3, -0.25) is 19.1 Å². The van der Waals surface area contributed by atoms with Crippen molar-refractivity contribution in [3.8, 4) is 17.0 Å². The average molecular weight is 498 g/mol. The summed E-state index contributed by atoms with van der Waals surface area (Å²) in [7, 11) is 1.45. The standard InChI is InChI=1S/C24H24ClN5O5/c1-3-35-24(33)29-10-11-30-21(31)13-18(15-6-8-26-9-7-15)27-22(30)19(14-29)28-23(32)17-12-16(25)4-5-20(17)34-2/h4-9,12-13,19H,3,10-11,14H2,1-2H3,(H,28,32). The van der Waals surface area contributed by atoms with E-state index in [9.17, 15) is 14.4 Å². The molecule has 11 heteroatoms. The molecule has 2 aromatic heterocycles. The maximum absolute atomic E-state index is 13.3. The van der Waals surface area contributed by atoms with Crippen LogP contribution in [0.2, 0.25) is 5.02 Å². The van der Waals surface area contributed by atoms with Crippen molar-refractivity contribution in [2.75, 3.05) is 26.8 Å². The minimum Gasteiger partial charge on any atom is -0.496 e. The van der Waals surface area contributed by atoms with Gasteiger partial charge < -0.3 is 19.7 Å². The first kappa shape index (κ1) is 24.2. The molecule has 1 atom stereocenters. The van der Waals surface area contributed by atoms with Crippen molar-refractivity contribution in [3.05, 3.63) is 75.6 Å². The lowest BCUT2D eigenvalue weighted by atomic mass is 10.1. The Bertz CT molecular complexity index is 1300.